The number of carbonyl (C=O) groups excluding carboxylic acids is 1. The van der Waals surface area contributed by atoms with E-state index in [4.69, 9.17) is 4.74 Å². The molecule has 26 heavy (non-hydrogen) atoms. The monoisotopic (exact) mass is 407 g/mol. The van der Waals surface area contributed by atoms with Gasteiger partial charge in [0.25, 0.3) is 5.91 Å². The number of hydrogen-bond acceptors (Lipinski definition) is 6. The number of nitrogens with one attached hydrogen (secondary N) is 3. The molecular weight excluding hydrogens is 382 g/mol. The largest absolute Gasteiger partial charge is 0.390 e. The summed E-state index contributed by atoms with van der Waals surface area (Å²) in [6, 6.07) is 5.41. The van der Waals surface area contributed by atoms with E-state index in [1.54, 1.807) is 7.11 Å². The van der Waals surface area contributed by atoms with E-state index in [9.17, 15) is 18.3 Å². The summed E-state index contributed by atoms with van der Waals surface area (Å²) in [6.45, 7) is 1.93. The van der Waals surface area contributed by atoms with Gasteiger partial charge in [0.1, 0.15) is 0 Å². The van der Waals surface area contributed by atoms with Crippen LogP contribution in [-0.2, 0) is 14.8 Å². The molecule has 0 radical (unpaired) electrons. The number of aliphatic hydroxyl groups excluding tert-OH is 1. The van der Waals surface area contributed by atoms with Crippen molar-refractivity contribution in [3.63, 3.8) is 0 Å². The van der Waals surface area contributed by atoms with Crippen LogP contribution in [0.25, 0.3) is 0 Å². The molecule has 0 spiro atoms. The van der Waals surface area contributed by atoms with Gasteiger partial charge in [-0.05, 0) is 43.7 Å². The Balaban J connectivity index is 0.00000338. The van der Waals surface area contributed by atoms with Gasteiger partial charge in [0.05, 0.1) is 17.0 Å². The molecule has 10 heteroatoms. The number of amides is 1. The first kappa shape index (κ1) is 22.8. The number of carbonyl (C=O) groups is 1. The number of aliphatic hydroxyl groups is 1. The van der Waals surface area contributed by atoms with E-state index in [0.717, 1.165) is 6.54 Å². The average molecular weight is 408 g/mol. The fraction of sp³-hybridized carbons (Fsp3) is 0.562. The number of rotatable bonds is 8. The van der Waals surface area contributed by atoms with E-state index >= 15 is 0 Å². The number of halogens is 1. The molecular formula is C16H26ClN3O5S. The van der Waals surface area contributed by atoms with Crippen LogP contribution in [0, 0.1) is 0 Å². The van der Waals surface area contributed by atoms with Crippen LogP contribution in [0.2, 0.25) is 0 Å². The summed E-state index contributed by atoms with van der Waals surface area (Å²) in [6.07, 6.45) is 0.591. The fourth-order valence-corrected chi connectivity index (χ4v) is 3.63. The van der Waals surface area contributed by atoms with Crippen LogP contribution in [0.1, 0.15) is 23.2 Å². The summed E-state index contributed by atoms with van der Waals surface area (Å²) in [7, 11) is -2.05. The van der Waals surface area contributed by atoms with E-state index in [-0.39, 0.29) is 35.8 Å². The maximum absolute atomic E-state index is 12.2. The molecule has 1 aliphatic rings. The SMILES string of the molecule is COCCCNS(=O)(=O)c1ccc(C(=O)N[C@@H]2CCNC[C@H]2O)cc1.Cl. The number of piperidine rings is 1. The molecule has 4 N–H and O–H groups in total. The number of ether oxygens (including phenoxy) is 1. The Kier molecular flexibility index (Phi) is 9.48. The molecule has 1 saturated heterocycles. The second-order valence-corrected chi connectivity index (χ2v) is 7.68. The highest BCUT2D eigenvalue weighted by molar-refractivity contribution is 7.89. The highest BCUT2D eigenvalue weighted by Gasteiger charge is 2.24. The minimum Gasteiger partial charge on any atom is -0.390 e. The first-order chi connectivity index (χ1) is 11.9. The smallest absolute Gasteiger partial charge is 0.251 e. The van der Waals surface area contributed by atoms with Crippen molar-refractivity contribution in [3.05, 3.63) is 29.8 Å². The normalized spacial score (nSPS) is 20.2. The maximum Gasteiger partial charge on any atom is 0.251 e. The molecule has 0 aliphatic carbocycles. The van der Waals surface area contributed by atoms with Gasteiger partial charge in [-0.15, -0.1) is 12.4 Å². The van der Waals surface area contributed by atoms with Gasteiger partial charge in [-0.1, -0.05) is 0 Å². The lowest BCUT2D eigenvalue weighted by Gasteiger charge is -2.29. The summed E-state index contributed by atoms with van der Waals surface area (Å²) in [4.78, 5) is 12.3. The van der Waals surface area contributed by atoms with Crippen LogP contribution in [0.4, 0.5) is 0 Å². The quantitative estimate of drug-likeness (QED) is 0.446. The summed E-state index contributed by atoms with van der Waals surface area (Å²) >= 11 is 0. The lowest BCUT2D eigenvalue weighted by Crippen LogP contribution is -2.52. The van der Waals surface area contributed by atoms with Crippen molar-refractivity contribution in [2.45, 2.75) is 29.9 Å². The summed E-state index contributed by atoms with van der Waals surface area (Å²) in [5, 5.41) is 15.7. The average Bonchev–Trinajstić information content (AvgIpc) is 2.61. The Bertz CT molecular complexity index is 669. The molecule has 1 heterocycles. The standard InChI is InChI=1S/C16H25N3O5S.ClH/c1-24-10-2-8-18-25(22,23)13-5-3-12(4-6-13)16(21)19-14-7-9-17-11-15(14)20;/h3-6,14-15,17-18,20H,2,7-11H2,1H3,(H,19,21);1H/t14-,15-;/m1./s1. The molecule has 2 rings (SSSR count). The minimum atomic E-state index is -3.60. The van der Waals surface area contributed by atoms with E-state index in [0.29, 0.717) is 31.6 Å². The molecule has 2 atom stereocenters. The zero-order valence-electron chi connectivity index (χ0n) is 14.6. The predicted octanol–water partition coefficient (Wildman–Crippen LogP) is -0.124. The van der Waals surface area contributed by atoms with Crippen molar-refractivity contribution in [1.82, 2.24) is 15.4 Å². The van der Waals surface area contributed by atoms with E-state index in [2.05, 4.69) is 15.4 Å². The molecule has 8 nitrogen and oxygen atoms in total. The van der Waals surface area contributed by atoms with Crippen molar-refractivity contribution >= 4 is 28.3 Å². The first-order valence-electron chi connectivity index (χ1n) is 8.22. The van der Waals surface area contributed by atoms with Gasteiger partial charge in [0, 0.05) is 32.4 Å². The lowest BCUT2D eigenvalue weighted by molar-refractivity contribution is 0.0765. The van der Waals surface area contributed by atoms with Crippen LogP contribution in [0.15, 0.2) is 29.2 Å². The molecule has 148 valence electrons. The van der Waals surface area contributed by atoms with Crippen molar-refractivity contribution in [1.29, 1.82) is 0 Å². The van der Waals surface area contributed by atoms with Gasteiger partial charge in [-0.2, -0.15) is 0 Å². The maximum atomic E-state index is 12.2. The van der Waals surface area contributed by atoms with Gasteiger partial charge in [-0.3, -0.25) is 4.79 Å². The Morgan fingerprint density at radius 1 is 1.35 bits per heavy atom. The highest BCUT2D eigenvalue weighted by atomic mass is 35.5. The summed E-state index contributed by atoms with van der Waals surface area (Å²) in [5.41, 5.74) is 0.351. The molecule has 1 aliphatic heterocycles. The fourth-order valence-electron chi connectivity index (χ4n) is 2.55. The Labute approximate surface area is 160 Å². The Morgan fingerprint density at radius 2 is 2.04 bits per heavy atom. The van der Waals surface area contributed by atoms with Crippen molar-refractivity contribution < 1.29 is 23.1 Å². The number of β-amino-alcohol motifs (C(OH)–C–C–N with tert-alkyl or cyclic N) is 1. The molecule has 1 aromatic carbocycles. The molecule has 1 aromatic rings. The first-order valence-corrected chi connectivity index (χ1v) is 9.70. The van der Waals surface area contributed by atoms with Crippen LogP contribution in [0.5, 0.6) is 0 Å². The van der Waals surface area contributed by atoms with E-state index in [1.807, 2.05) is 0 Å². The molecule has 1 amide bonds. The zero-order chi connectivity index (χ0) is 18.3. The Morgan fingerprint density at radius 3 is 2.65 bits per heavy atom. The predicted molar refractivity (Wildman–Crippen MR) is 100 cm³/mol. The summed E-state index contributed by atoms with van der Waals surface area (Å²) in [5.74, 6) is -0.331. The third-order valence-electron chi connectivity index (χ3n) is 4.01. The highest BCUT2D eigenvalue weighted by Crippen LogP contribution is 2.12. The van der Waals surface area contributed by atoms with E-state index < -0.39 is 16.1 Å². The molecule has 0 unspecified atom stereocenters. The molecule has 1 fully saturated rings. The third-order valence-corrected chi connectivity index (χ3v) is 5.49. The van der Waals surface area contributed by atoms with E-state index in [1.165, 1.54) is 24.3 Å². The van der Waals surface area contributed by atoms with Crippen molar-refractivity contribution in [2.75, 3.05) is 33.4 Å². The number of hydrogen-bond donors (Lipinski definition) is 4. The number of methoxy groups -OCH3 is 1. The molecule has 0 saturated carbocycles. The number of benzene rings is 1. The molecule has 0 bridgehead atoms. The van der Waals surface area contributed by atoms with Crippen LogP contribution in [-0.4, -0.2) is 64.9 Å². The van der Waals surface area contributed by atoms with Crippen molar-refractivity contribution in [3.8, 4) is 0 Å². The van der Waals surface area contributed by atoms with Gasteiger partial charge in [0.15, 0.2) is 0 Å². The lowest BCUT2D eigenvalue weighted by atomic mass is 10.0. The summed E-state index contributed by atoms with van der Waals surface area (Å²) < 4.78 is 31.6. The molecule has 0 aromatic heterocycles. The van der Waals surface area contributed by atoms with Crippen LogP contribution in [0.3, 0.4) is 0 Å². The third kappa shape index (κ3) is 6.49. The zero-order valence-corrected chi connectivity index (χ0v) is 16.2. The van der Waals surface area contributed by atoms with Crippen LogP contribution >= 0.6 is 12.4 Å². The second-order valence-electron chi connectivity index (χ2n) is 5.91. The van der Waals surface area contributed by atoms with Gasteiger partial charge < -0.3 is 20.5 Å². The van der Waals surface area contributed by atoms with Crippen molar-refractivity contribution in [2.24, 2.45) is 0 Å². The topological polar surface area (TPSA) is 117 Å². The minimum absolute atomic E-state index is 0. The Hall–Kier alpha value is -1.23. The second kappa shape index (κ2) is 10.8. The van der Waals surface area contributed by atoms with Crippen LogP contribution < -0.4 is 15.4 Å². The van der Waals surface area contributed by atoms with Gasteiger partial charge >= 0.3 is 0 Å². The number of sulfonamides is 1. The van der Waals surface area contributed by atoms with Gasteiger partial charge in [-0.25, -0.2) is 13.1 Å². The van der Waals surface area contributed by atoms with Gasteiger partial charge in [0.2, 0.25) is 10.0 Å².